The van der Waals surface area contributed by atoms with Crippen LogP contribution in [0.1, 0.15) is 11.3 Å². The fraction of sp³-hybridized carbons (Fsp3) is 0.429. The van der Waals surface area contributed by atoms with Crippen molar-refractivity contribution in [2.45, 2.75) is 6.92 Å². The lowest BCUT2D eigenvalue weighted by Crippen LogP contribution is -2.37. The monoisotopic (exact) mass is 180 g/mol. The molecule has 0 radical (unpaired) electrons. The van der Waals surface area contributed by atoms with Crippen LogP contribution in [0, 0.1) is 6.92 Å². The second kappa shape index (κ2) is 2.74. The van der Waals surface area contributed by atoms with Crippen LogP contribution in [0.3, 0.4) is 0 Å². The Bertz CT molecular complexity index is 352. The predicted octanol–water partition coefficient (Wildman–Crippen LogP) is -0.655. The van der Waals surface area contributed by atoms with Crippen molar-refractivity contribution < 1.29 is 0 Å². The highest BCUT2D eigenvalue weighted by atomic mass is 15.9. The SMILES string of the molecule is Cc1c(C2=NNN(C)N2)cnn1C. The highest BCUT2D eigenvalue weighted by Crippen LogP contribution is 2.07. The molecule has 0 spiro atoms. The van der Waals surface area contributed by atoms with E-state index in [-0.39, 0.29) is 0 Å². The number of aryl methyl sites for hydroxylation is 1. The van der Waals surface area contributed by atoms with Gasteiger partial charge in [0.1, 0.15) is 0 Å². The Kier molecular flexibility index (Phi) is 1.70. The molecule has 0 aliphatic carbocycles. The summed E-state index contributed by atoms with van der Waals surface area (Å²) in [4.78, 5) is 0. The van der Waals surface area contributed by atoms with Gasteiger partial charge >= 0.3 is 0 Å². The minimum absolute atomic E-state index is 0.799. The van der Waals surface area contributed by atoms with Gasteiger partial charge in [-0.05, 0) is 6.92 Å². The maximum absolute atomic E-state index is 4.14. The average Bonchev–Trinajstić information content (AvgIpc) is 2.62. The van der Waals surface area contributed by atoms with Crippen molar-refractivity contribution in [1.29, 1.82) is 0 Å². The molecule has 0 fully saturated rings. The van der Waals surface area contributed by atoms with E-state index in [1.807, 2.05) is 25.7 Å². The zero-order chi connectivity index (χ0) is 9.42. The van der Waals surface area contributed by atoms with Crippen LogP contribution >= 0.6 is 0 Å². The maximum Gasteiger partial charge on any atom is 0.174 e. The topological polar surface area (TPSA) is 57.5 Å². The van der Waals surface area contributed by atoms with Crippen LogP contribution in [-0.2, 0) is 7.05 Å². The fourth-order valence-corrected chi connectivity index (χ4v) is 1.19. The van der Waals surface area contributed by atoms with Gasteiger partial charge in [-0.15, -0.1) is 10.2 Å². The van der Waals surface area contributed by atoms with Gasteiger partial charge in [0.2, 0.25) is 0 Å². The molecule has 0 amide bonds. The molecule has 6 heteroatoms. The summed E-state index contributed by atoms with van der Waals surface area (Å²) < 4.78 is 1.82. The molecule has 1 aliphatic rings. The quantitative estimate of drug-likeness (QED) is 0.602. The van der Waals surface area contributed by atoms with E-state index in [1.54, 1.807) is 11.3 Å². The van der Waals surface area contributed by atoms with Gasteiger partial charge in [0.05, 0.1) is 11.8 Å². The van der Waals surface area contributed by atoms with E-state index >= 15 is 0 Å². The Labute approximate surface area is 76.2 Å². The van der Waals surface area contributed by atoms with Crippen molar-refractivity contribution in [2.75, 3.05) is 7.05 Å². The normalized spacial score (nSPS) is 16.7. The number of amidine groups is 1. The molecule has 1 aromatic heterocycles. The summed E-state index contributed by atoms with van der Waals surface area (Å²) >= 11 is 0. The molecule has 70 valence electrons. The van der Waals surface area contributed by atoms with Gasteiger partial charge in [0.25, 0.3) is 0 Å². The molecule has 2 rings (SSSR count). The molecule has 0 saturated heterocycles. The number of nitrogens with one attached hydrogen (secondary N) is 2. The summed E-state index contributed by atoms with van der Waals surface area (Å²) in [6.45, 7) is 2.00. The lowest BCUT2D eigenvalue weighted by molar-refractivity contribution is 0.232. The zero-order valence-electron chi connectivity index (χ0n) is 7.87. The third-order valence-electron chi connectivity index (χ3n) is 2.08. The molecule has 0 unspecified atom stereocenters. The molecule has 1 aliphatic heterocycles. The second-order valence-electron chi connectivity index (χ2n) is 3.00. The van der Waals surface area contributed by atoms with Crippen LogP contribution in [0.2, 0.25) is 0 Å². The number of hydrazine groups is 2. The highest BCUT2D eigenvalue weighted by molar-refractivity contribution is 5.99. The van der Waals surface area contributed by atoms with Crippen LogP contribution in [0.15, 0.2) is 11.3 Å². The number of aromatic nitrogens is 2. The Morgan fingerprint density at radius 1 is 1.38 bits per heavy atom. The lowest BCUT2D eigenvalue weighted by atomic mass is 10.2. The van der Waals surface area contributed by atoms with E-state index in [0.717, 1.165) is 17.1 Å². The van der Waals surface area contributed by atoms with Gasteiger partial charge < -0.3 is 0 Å². The van der Waals surface area contributed by atoms with Gasteiger partial charge in [-0.1, -0.05) is 0 Å². The van der Waals surface area contributed by atoms with Gasteiger partial charge in [0.15, 0.2) is 5.84 Å². The van der Waals surface area contributed by atoms with Crippen LogP contribution in [0.5, 0.6) is 0 Å². The summed E-state index contributed by atoms with van der Waals surface area (Å²) in [5, 5.41) is 9.91. The molecule has 1 aromatic rings. The summed E-state index contributed by atoms with van der Waals surface area (Å²) in [6.07, 6.45) is 1.79. The number of rotatable bonds is 1. The predicted molar refractivity (Wildman–Crippen MR) is 48.5 cm³/mol. The average molecular weight is 180 g/mol. The smallest absolute Gasteiger partial charge is 0.174 e. The lowest BCUT2D eigenvalue weighted by Gasteiger charge is -2.07. The first kappa shape index (κ1) is 8.06. The zero-order valence-corrected chi connectivity index (χ0v) is 7.87. The van der Waals surface area contributed by atoms with E-state index in [9.17, 15) is 0 Å². The molecule has 0 bridgehead atoms. The largest absolute Gasteiger partial charge is 0.282 e. The van der Waals surface area contributed by atoms with Crippen molar-refractivity contribution in [1.82, 2.24) is 25.9 Å². The Morgan fingerprint density at radius 2 is 2.15 bits per heavy atom. The molecule has 2 N–H and O–H groups in total. The van der Waals surface area contributed by atoms with Crippen molar-refractivity contribution >= 4 is 5.84 Å². The number of hydrogen-bond donors (Lipinski definition) is 2. The first-order chi connectivity index (χ1) is 6.18. The summed E-state index contributed by atoms with van der Waals surface area (Å²) in [6, 6.07) is 0. The summed E-state index contributed by atoms with van der Waals surface area (Å²) in [5.74, 6) is 0.799. The first-order valence-electron chi connectivity index (χ1n) is 4.01. The fourth-order valence-electron chi connectivity index (χ4n) is 1.19. The Morgan fingerprint density at radius 3 is 2.62 bits per heavy atom. The summed E-state index contributed by atoms with van der Waals surface area (Å²) in [7, 11) is 3.76. The van der Waals surface area contributed by atoms with Crippen molar-refractivity contribution in [3.8, 4) is 0 Å². The van der Waals surface area contributed by atoms with Crippen LogP contribution in [0.4, 0.5) is 0 Å². The van der Waals surface area contributed by atoms with E-state index < -0.39 is 0 Å². The van der Waals surface area contributed by atoms with Gasteiger partial charge in [0, 0.05) is 19.8 Å². The standard InChI is InChI=1S/C7H12N6/c1-5-6(4-8-12(5)2)7-9-11-13(3)10-7/h4,11H,1-3H3,(H,9,10). The van der Waals surface area contributed by atoms with E-state index in [1.165, 1.54) is 0 Å². The number of nitrogens with zero attached hydrogens (tertiary/aromatic N) is 4. The van der Waals surface area contributed by atoms with Crippen LogP contribution < -0.4 is 11.0 Å². The molecule has 13 heavy (non-hydrogen) atoms. The van der Waals surface area contributed by atoms with E-state index in [0.29, 0.717) is 0 Å². The Hall–Kier alpha value is -1.56. The second-order valence-corrected chi connectivity index (χ2v) is 3.00. The molecule has 6 nitrogen and oxygen atoms in total. The number of hydrogen-bond acceptors (Lipinski definition) is 5. The third-order valence-corrected chi connectivity index (χ3v) is 2.08. The van der Waals surface area contributed by atoms with E-state index in [2.05, 4.69) is 21.2 Å². The van der Waals surface area contributed by atoms with E-state index in [4.69, 9.17) is 0 Å². The maximum atomic E-state index is 4.14. The van der Waals surface area contributed by atoms with Gasteiger partial charge in [-0.3, -0.25) is 10.1 Å². The molecular formula is C7H12N6. The molecule has 0 saturated carbocycles. The van der Waals surface area contributed by atoms with Crippen LogP contribution in [-0.4, -0.2) is 27.8 Å². The van der Waals surface area contributed by atoms with Gasteiger partial charge in [-0.25, -0.2) is 5.53 Å². The molecular weight excluding hydrogens is 168 g/mol. The van der Waals surface area contributed by atoms with Crippen molar-refractivity contribution in [3.63, 3.8) is 0 Å². The summed E-state index contributed by atoms with van der Waals surface area (Å²) in [5.41, 5.74) is 7.92. The van der Waals surface area contributed by atoms with Crippen molar-refractivity contribution in [2.24, 2.45) is 12.1 Å². The molecule has 2 heterocycles. The highest BCUT2D eigenvalue weighted by Gasteiger charge is 2.16. The third kappa shape index (κ3) is 1.25. The number of hydrazone groups is 1. The minimum atomic E-state index is 0.799. The molecule has 0 aromatic carbocycles. The molecule has 0 atom stereocenters. The minimum Gasteiger partial charge on any atom is -0.282 e. The Balaban J connectivity index is 2.31. The van der Waals surface area contributed by atoms with Crippen molar-refractivity contribution in [3.05, 3.63) is 17.5 Å². The first-order valence-corrected chi connectivity index (χ1v) is 4.01. The van der Waals surface area contributed by atoms with Gasteiger partial charge in [-0.2, -0.15) is 5.10 Å². The van der Waals surface area contributed by atoms with Crippen LogP contribution in [0.25, 0.3) is 0 Å².